The third-order valence-corrected chi connectivity index (χ3v) is 13.1. The summed E-state index contributed by atoms with van der Waals surface area (Å²) in [6.07, 6.45) is 1.37. The smallest absolute Gasteiger partial charge is 0.194 e. The van der Waals surface area contributed by atoms with Crippen LogP contribution in [0.3, 0.4) is 0 Å². The highest BCUT2D eigenvalue weighted by molar-refractivity contribution is 8.09. The summed E-state index contributed by atoms with van der Waals surface area (Å²) in [4.78, 5) is 4.37. The lowest BCUT2D eigenvalue weighted by molar-refractivity contribution is -0.261. The van der Waals surface area contributed by atoms with Crippen LogP contribution in [0.2, 0.25) is 0 Å². The average Bonchev–Trinajstić information content (AvgIpc) is 3.76. The zero-order chi connectivity index (χ0) is 30.2. The van der Waals surface area contributed by atoms with Crippen LogP contribution in [0.1, 0.15) is 40.1 Å². The van der Waals surface area contributed by atoms with Crippen molar-refractivity contribution >= 4 is 67.6 Å². The van der Waals surface area contributed by atoms with Crippen molar-refractivity contribution in [2.24, 2.45) is 5.92 Å². The lowest BCUT2D eigenvalue weighted by Gasteiger charge is -2.28. The monoisotopic (exact) mass is 666 g/mol. The highest BCUT2D eigenvalue weighted by Gasteiger charge is 2.81. The first kappa shape index (κ1) is 29.3. The van der Waals surface area contributed by atoms with E-state index >= 15 is 26.3 Å². The number of nitriles is 2. The van der Waals surface area contributed by atoms with Crippen LogP contribution in [0, 0.1) is 42.4 Å². The van der Waals surface area contributed by atoms with Gasteiger partial charge in [0, 0.05) is 51.2 Å². The number of rotatable bonds is 5. The molecule has 0 spiro atoms. The van der Waals surface area contributed by atoms with Gasteiger partial charge in [-0.15, -0.1) is 57.1 Å². The van der Waals surface area contributed by atoms with Gasteiger partial charge in [-0.1, -0.05) is 6.08 Å². The molecule has 2 unspecified atom stereocenters. The molecule has 2 aliphatic rings. The Kier molecular flexibility index (Phi) is 7.06. The van der Waals surface area contributed by atoms with Gasteiger partial charge in [0.15, 0.2) is 0 Å². The van der Waals surface area contributed by atoms with Gasteiger partial charge in [0.2, 0.25) is 0 Å². The number of halogens is 6. The molecule has 0 saturated carbocycles. The van der Waals surface area contributed by atoms with Gasteiger partial charge in [0.05, 0.1) is 5.25 Å². The third-order valence-electron chi connectivity index (χ3n) is 7.10. The van der Waals surface area contributed by atoms with E-state index in [1.165, 1.54) is 30.4 Å². The predicted molar refractivity (Wildman–Crippen MR) is 159 cm³/mol. The van der Waals surface area contributed by atoms with E-state index in [4.69, 9.17) is 0 Å². The number of thioether (sulfide) groups is 1. The van der Waals surface area contributed by atoms with Gasteiger partial charge < -0.3 is 0 Å². The first-order valence-electron chi connectivity index (χ1n) is 12.2. The number of hydrogen-bond donors (Lipinski definition) is 0. The molecule has 0 fully saturated rings. The minimum atomic E-state index is -5.66. The van der Waals surface area contributed by atoms with Crippen molar-refractivity contribution < 1.29 is 26.3 Å². The number of alkyl halides is 6. The molecule has 0 bridgehead atoms. The molecule has 1 aliphatic heterocycles. The molecule has 0 saturated heterocycles. The van der Waals surface area contributed by atoms with Crippen LogP contribution in [-0.4, -0.2) is 17.8 Å². The van der Waals surface area contributed by atoms with Gasteiger partial charge in [-0.2, -0.15) is 36.9 Å². The molecule has 214 valence electrons. The zero-order valence-electron chi connectivity index (χ0n) is 21.5. The van der Waals surface area contributed by atoms with Crippen LogP contribution in [0.4, 0.5) is 26.3 Å². The van der Waals surface area contributed by atoms with E-state index in [9.17, 15) is 10.5 Å². The van der Waals surface area contributed by atoms with Crippen LogP contribution < -0.4 is 0 Å². The molecule has 42 heavy (non-hydrogen) atoms. The number of hydrogen-bond acceptors (Lipinski definition) is 7. The fourth-order valence-corrected chi connectivity index (χ4v) is 10.5. The summed E-state index contributed by atoms with van der Waals surface area (Å²) in [5.74, 6) is -17.4. The molecule has 0 aromatic carbocycles. The minimum absolute atomic E-state index is 0.188. The van der Waals surface area contributed by atoms with Crippen LogP contribution in [-0.2, 0) is 0 Å². The maximum Gasteiger partial charge on any atom is 0.380 e. The summed E-state index contributed by atoms with van der Waals surface area (Å²) in [6.45, 7) is 3.25. The Morgan fingerprint density at radius 1 is 0.738 bits per heavy atom. The van der Waals surface area contributed by atoms with Crippen molar-refractivity contribution in [2.75, 3.05) is 0 Å². The van der Waals surface area contributed by atoms with E-state index in [0.717, 1.165) is 50.6 Å². The van der Waals surface area contributed by atoms with Crippen LogP contribution in [0.15, 0.2) is 54.1 Å². The Labute approximate surface area is 256 Å². The molecule has 0 amide bonds. The fraction of sp³-hybridized carbons (Fsp3) is 0.241. The van der Waals surface area contributed by atoms with Gasteiger partial charge in [0.1, 0.15) is 21.9 Å². The van der Waals surface area contributed by atoms with Gasteiger partial charge >= 0.3 is 17.8 Å². The molecule has 6 rings (SSSR count). The van der Waals surface area contributed by atoms with Crippen LogP contribution in [0.25, 0.3) is 20.2 Å². The number of nitrogens with zero attached hydrogens (tertiary/aromatic N) is 2. The van der Waals surface area contributed by atoms with E-state index in [2.05, 4.69) is 0 Å². The van der Waals surface area contributed by atoms with Crippen molar-refractivity contribution in [1.29, 1.82) is 10.5 Å². The van der Waals surface area contributed by atoms with Crippen molar-refractivity contribution in [1.82, 2.24) is 0 Å². The zero-order valence-corrected chi connectivity index (χ0v) is 25.6. The molecule has 2 nitrogen and oxygen atoms in total. The van der Waals surface area contributed by atoms with Gasteiger partial charge in [-0.05, 0) is 61.9 Å². The topological polar surface area (TPSA) is 47.6 Å². The van der Waals surface area contributed by atoms with Crippen LogP contribution >= 0.6 is 57.1 Å². The summed E-state index contributed by atoms with van der Waals surface area (Å²) in [6, 6.07) is 15.1. The van der Waals surface area contributed by atoms with E-state index in [0.29, 0.717) is 34.2 Å². The first-order chi connectivity index (χ1) is 19.8. The van der Waals surface area contributed by atoms with Crippen molar-refractivity contribution in [2.45, 2.75) is 36.9 Å². The standard InChI is InChI=1S/C29H16F6N2S5/c1-13-3-6-21(38-13)26-18(10-23(42-26)20-8-5-16(12-37)41-20)25-24(27(30,31)29(34,35)28(25,32)33)17-9-22(39-14(17)2)19-7-4-15(11-36)40-19/h3-10,18,26H,1-2H3. The maximum atomic E-state index is 15.9. The second-order valence-electron chi connectivity index (χ2n) is 9.69. The minimum Gasteiger partial charge on any atom is -0.194 e. The summed E-state index contributed by atoms with van der Waals surface area (Å²) >= 11 is 5.67. The summed E-state index contributed by atoms with van der Waals surface area (Å²) in [7, 11) is 0. The molecule has 4 aromatic rings. The highest BCUT2D eigenvalue weighted by atomic mass is 32.2. The summed E-state index contributed by atoms with van der Waals surface area (Å²) in [5, 5.41) is 17.6. The number of aryl methyl sites for hydroxylation is 2. The molecule has 4 aromatic heterocycles. The maximum absolute atomic E-state index is 15.9. The van der Waals surface area contributed by atoms with Gasteiger partial charge in [0.25, 0.3) is 0 Å². The summed E-state index contributed by atoms with van der Waals surface area (Å²) in [5.41, 5.74) is -2.99. The van der Waals surface area contributed by atoms with Crippen LogP contribution in [0.5, 0.6) is 0 Å². The van der Waals surface area contributed by atoms with Gasteiger partial charge in [-0.3, -0.25) is 0 Å². The average molecular weight is 667 g/mol. The van der Waals surface area contributed by atoms with E-state index in [1.54, 1.807) is 36.4 Å². The molecule has 1 aliphatic carbocycles. The molecule has 0 N–H and O–H groups in total. The number of thiophene rings is 4. The third kappa shape index (κ3) is 4.32. The van der Waals surface area contributed by atoms with Crippen molar-refractivity contribution in [3.8, 4) is 21.9 Å². The Bertz CT molecular complexity index is 1870. The molecule has 2 atom stereocenters. The largest absolute Gasteiger partial charge is 0.380 e. The molecular weight excluding hydrogens is 651 g/mol. The van der Waals surface area contributed by atoms with Gasteiger partial charge in [-0.25, -0.2) is 0 Å². The lowest BCUT2D eigenvalue weighted by atomic mass is 9.87. The highest BCUT2D eigenvalue weighted by Crippen LogP contribution is 2.68. The number of allylic oxidation sites excluding steroid dienone is 3. The Morgan fingerprint density at radius 2 is 1.38 bits per heavy atom. The molecular formula is C29H16F6N2S5. The molecule has 5 heterocycles. The Hall–Kier alpha value is -2.81. The summed E-state index contributed by atoms with van der Waals surface area (Å²) < 4.78 is 93.7. The molecule has 0 radical (unpaired) electrons. The Morgan fingerprint density at radius 3 is 1.98 bits per heavy atom. The van der Waals surface area contributed by atoms with Crippen molar-refractivity contribution in [3.63, 3.8) is 0 Å². The SMILES string of the molecule is Cc1ccc(C2SC(c3ccc(C#N)s3)=CC2C2=C(c3cc(-c4ccc(C#N)s4)sc3C)C(F)(F)C(F)(F)C2(F)F)s1. The normalized spacial score (nSPS) is 22.3. The second kappa shape index (κ2) is 10.1. The predicted octanol–water partition coefficient (Wildman–Crippen LogP) is 10.8. The quantitative estimate of drug-likeness (QED) is 0.199. The van der Waals surface area contributed by atoms with E-state index in [1.807, 2.05) is 19.1 Å². The second-order valence-corrected chi connectivity index (χ2v) is 15.6. The Balaban J connectivity index is 1.60. The molecule has 13 heteroatoms. The first-order valence-corrected chi connectivity index (χ1v) is 16.4. The van der Waals surface area contributed by atoms with E-state index in [-0.39, 0.29) is 10.4 Å². The lowest BCUT2D eigenvalue weighted by Crippen LogP contribution is -2.49. The van der Waals surface area contributed by atoms with E-state index < -0.39 is 40.1 Å². The van der Waals surface area contributed by atoms with Crippen molar-refractivity contribution in [3.05, 3.63) is 88.9 Å². The fourth-order valence-electron chi connectivity index (χ4n) is 5.17.